The van der Waals surface area contributed by atoms with E-state index in [2.05, 4.69) is 20.5 Å². The van der Waals surface area contributed by atoms with Crippen molar-refractivity contribution in [3.05, 3.63) is 51.6 Å². The molecule has 0 radical (unpaired) electrons. The van der Waals surface area contributed by atoms with Crippen LogP contribution in [-0.4, -0.2) is 21.1 Å². The molecule has 0 fully saturated rings. The quantitative estimate of drug-likeness (QED) is 0.708. The van der Waals surface area contributed by atoms with Crippen LogP contribution < -0.4 is 5.32 Å². The highest BCUT2D eigenvalue weighted by molar-refractivity contribution is 7.15. The molecule has 0 aliphatic carbocycles. The van der Waals surface area contributed by atoms with Crippen LogP contribution in [0.25, 0.3) is 16.8 Å². The summed E-state index contributed by atoms with van der Waals surface area (Å²) in [6.07, 6.45) is 2.97. The molecule has 24 heavy (non-hydrogen) atoms. The van der Waals surface area contributed by atoms with E-state index in [1.165, 1.54) is 17.4 Å². The van der Waals surface area contributed by atoms with Gasteiger partial charge in [0.25, 0.3) is 11.8 Å². The van der Waals surface area contributed by atoms with Gasteiger partial charge < -0.3 is 4.42 Å². The van der Waals surface area contributed by atoms with Crippen molar-refractivity contribution in [2.24, 2.45) is 0 Å². The van der Waals surface area contributed by atoms with Crippen LogP contribution in [0.5, 0.6) is 0 Å². The van der Waals surface area contributed by atoms with E-state index in [9.17, 15) is 4.79 Å². The molecule has 1 aromatic carbocycles. The van der Waals surface area contributed by atoms with Gasteiger partial charge in [0.15, 0.2) is 0 Å². The SMILES string of the molecule is Cc1nc(C)c(-c2nnc(NC(=O)C=Cc3ccccc3Cl)o2)s1. The average Bonchev–Trinajstić information content (AvgIpc) is 3.12. The number of rotatable bonds is 4. The van der Waals surface area contributed by atoms with Crippen molar-refractivity contribution in [1.82, 2.24) is 15.2 Å². The van der Waals surface area contributed by atoms with E-state index in [1.807, 2.05) is 32.0 Å². The van der Waals surface area contributed by atoms with E-state index >= 15 is 0 Å². The fraction of sp³-hybridized carbons (Fsp3) is 0.125. The van der Waals surface area contributed by atoms with Gasteiger partial charge in [0.05, 0.1) is 10.7 Å². The van der Waals surface area contributed by atoms with Gasteiger partial charge in [0.1, 0.15) is 4.88 Å². The first kappa shape index (κ1) is 16.4. The number of thiazole rings is 1. The third-order valence-electron chi connectivity index (χ3n) is 3.07. The van der Waals surface area contributed by atoms with Crippen molar-refractivity contribution in [2.75, 3.05) is 5.32 Å². The van der Waals surface area contributed by atoms with E-state index in [-0.39, 0.29) is 11.9 Å². The van der Waals surface area contributed by atoms with Crippen LogP contribution in [0, 0.1) is 13.8 Å². The molecule has 0 unspecified atom stereocenters. The van der Waals surface area contributed by atoms with E-state index in [4.69, 9.17) is 16.0 Å². The van der Waals surface area contributed by atoms with Crippen LogP contribution in [0.2, 0.25) is 5.02 Å². The lowest BCUT2D eigenvalue weighted by Gasteiger charge is -1.97. The monoisotopic (exact) mass is 360 g/mol. The fourth-order valence-electron chi connectivity index (χ4n) is 2.02. The van der Waals surface area contributed by atoms with Crippen molar-refractivity contribution < 1.29 is 9.21 Å². The highest BCUT2D eigenvalue weighted by Crippen LogP contribution is 2.29. The summed E-state index contributed by atoms with van der Waals surface area (Å²) >= 11 is 7.49. The molecule has 6 nitrogen and oxygen atoms in total. The molecule has 3 rings (SSSR count). The minimum atomic E-state index is -0.387. The largest absolute Gasteiger partial charge is 0.402 e. The number of carbonyl (C=O) groups excluding carboxylic acids is 1. The van der Waals surface area contributed by atoms with Crippen LogP contribution >= 0.6 is 22.9 Å². The Morgan fingerprint density at radius 2 is 2.08 bits per heavy atom. The molecule has 0 aliphatic rings. The molecular weight excluding hydrogens is 348 g/mol. The van der Waals surface area contributed by atoms with Gasteiger partial charge in [-0.3, -0.25) is 10.1 Å². The third-order valence-corrected chi connectivity index (χ3v) is 4.48. The lowest BCUT2D eigenvalue weighted by atomic mass is 10.2. The zero-order valence-corrected chi connectivity index (χ0v) is 14.5. The van der Waals surface area contributed by atoms with Gasteiger partial charge in [0, 0.05) is 11.1 Å². The zero-order valence-electron chi connectivity index (χ0n) is 12.9. The van der Waals surface area contributed by atoms with Crippen LogP contribution in [0.15, 0.2) is 34.8 Å². The summed E-state index contributed by atoms with van der Waals surface area (Å²) in [5.74, 6) is -0.0502. The number of anilines is 1. The second-order valence-electron chi connectivity index (χ2n) is 4.90. The second kappa shape index (κ2) is 6.94. The van der Waals surface area contributed by atoms with Crippen molar-refractivity contribution >= 4 is 40.9 Å². The molecule has 2 aromatic heterocycles. The van der Waals surface area contributed by atoms with Crippen molar-refractivity contribution in [2.45, 2.75) is 13.8 Å². The molecule has 0 spiro atoms. The standard InChI is InChI=1S/C16H13ClN4O2S/c1-9-14(24-10(2)18-9)15-20-21-16(23-15)19-13(22)8-7-11-5-3-4-6-12(11)17/h3-8H,1-2H3,(H,19,21,22). The zero-order chi connectivity index (χ0) is 17.1. The molecule has 1 amide bonds. The van der Waals surface area contributed by atoms with Gasteiger partial charge in [-0.15, -0.1) is 16.4 Å². The van der Waals surface area contributed by atoms with Crippen LogP contribution in [0.4, 0.5) is 6.01 Å². The number of nitrogens with zero attached hydrogens (tertiary/aromatic N) is 3. The summed E-state index contributed by atoms with van der Waals surface area (Å²) < 4.78 is 5.47. The predicted molar refractivity (Wildman–Crippen MR) is 94.0 cm³/mol. The molecule has 0 saturated heterocycles. The predicted octanol–water partition coefficient (Wildman–Crippen LogP) is 4.12. The first-order valence-corrected chi connectivity index (χ1v) is 8.24. The fourth-order valence-corrected chi connectivity index (χ4v) is 3.06. The number of amides is 1. The van der Waals surface area contributed by atoms with Crippen molar-refractivity contribution in [3.8, 4) is 10.8 Å². The Bertz CT molecular complexity index is 916. The molecule has 0 atom stereocenters. The number of hydrogen-bond acceptors (Lipinski definition) is 6. The Morgan fingerprint density at radius 3 is 2.79 bits per heavy atom. The number of benzene rings is 1. The molecule has 2 heterocycles. The first-order valence-electron chi connectivity index (χ1n) is 7.04. The Morgan fingerprint density at radius 1 is 1.29 bits per heavy atom. The minimum Gasteiger partial charge on any atom is -0.402 e. The maximum absolute atomic E-state index is 11.9. The Labute approximate surface area is 147 Å². The van der Waals surface area contributed by atoms with Crippen LogP contribution in [0.1, 0.15) is 16.3 Å². The Kier molecular flexibility index (Phi) is 4.73. The molecule has 122 valence electrons. The van der Waals surface area contributed by atoms with E-state index < -0.39 is 0 Å². The average molecular weight is 361 g/mol. The molecule has 1 N–H and O–H groups in total. The number of aryl methyl sites for hydroxylation is 2. The molecule has 0 saturated carbocycles. The summed E-state index contributed by atoms with van der Waals surface area (Å²) in [5, 5.41) is 11.8. The summed E-state index contributed by atoms with van der Waals surface area (Å²) in [6, 6.07) is 7.26. The maximum atomic E-state index is 11.9. The molecule has 0 aliphatic heterocycles. The maximum Gasteiger partial charge on any atom is 0.322 e. The Hall–Kier alpha value is -2.51. The normalized spacial score (nSPS) is 11.1. The van der Waals surface area contributed by atoms with Crippen LogP contribution in [-0.2, 0) is 4.79 Å². The van der Waals surface area contributed by atoms with Gasteiger partial charge in [-0.25, -0.2) is 4.98 Å². The highest BCUT2D eigenvalue weighted by atomic mass is 35.5. The third kappa shape index (κ3) is 3.69. The topological polar surface area (TPSA) is 80.9 Å². The number of carbonyl (C=O) groups is 1. The lowest BCUT2D eigenvalue weighted by Crippen LogP contribution is -2.07. The molecule has 3 aromatic rings. The van der Waals surface area contributed by atoms with Gasteiger partial charge in [0.2, 0.25) is 0 Å². The summed E-state index contributed by atoms with van der Waals surface area (Å²) in [5.41, 5.74) is 1.56. The Balaban J connectivity index is 1.70. The summed E-state index contributed by atoms with van der Waals surface area (Å²) in [7, 11) is 0. The van der Waals surface area contributed by atoms with Gasteiger partial charge >= 0.3 is 6.01 Å². The van der Waals surface area contributed by atoms with Gasteiger partial charge in [-0.2, -0.15) is 0 Å². The minimum absolute atomic E-state index is 0.0317. The first-order chi connectivity index (χ1) is 11.5. The van der Waals surface area contributed by atoms with Crippen molar-refractivity contribution in [3.63, 3.8) is 0 Å². The lowest BCUT2D eigenvalue weighted by molar-refractivity contribution is -0.112. The second-order valence-corrected chi connectivity index (χ2v) is 6.51. The summed E-state index contributed by atoms with van der Waals surface area (Å²) in [6.45, 7) is 3.77. The van der Waals surface area contributed by atoms with E-state index in [0.717, 1.165) is 21.1 Å². The smallest absolute Gasteiger partial charge is 0.322 e. The number of aromatic nitrogens is 3. The van der Waals surface area contributed by atoms with Crippen molar-refractivity contribution in [1.29, 1.82) is 0 Å². The molecule has 0 bridgehead atoms. The number of halogens is 1. The van der Waals surface area contributed by atoms with Gasteiger partial charge in [-0.1, -0.05) is 34.9 Å². The molecule has 8 heteroatoms. The summed E-state index contributed by atoms with van der Waals surface area (Å²) in [4.78, 5) is 17.0. The highest BCUT2D eigenvalue weighted by Gasteiger charge is 2.15. The number of hydrogen-bond donors (Lipinski definition) is 1. The van der Waals surface area contributed by atoms with E-state index in [1.54, 1.807) is 12.1 Å². The van der Waals surface area contributed by atoms with Crippen LogP contribution in [0.3, 0.4) is 0 Å². The van der Waals surface area contributed by atoms with E-state index in [0.29, 0.717) is 10.9 Å². The van der Waals surface area contributed by atoms with Gasteiger partial charge in [-0.05, 0) is 31.6 Å². The number of nitrogens with one attached hydrogen (secondary N) is 1. The molecular formula is C16H13ClN4O2S.